The van der Waals surface area contributed by atoms with Gasteiger partial charge in [0.25, 0.3) is 10.0 Å². The number of carbonyl (C=O) groups is 1. The zero-order valence-electron chi connectivity index (χ0n) is 19.0. The predicted molar refractivity (Wildman–Crippen MR) is 135 cm³/mol. The predicted octanol–water partition coefficient (Wildman–Crippen LogP) is 4.38. The molecule has 4 rings (SSSR count). The number of pyridine rings is 1. The largest absolute Gasteiger partial charge is 0.337 e. The van der Waals surface area contributed by atoms with E-state index in [9.17, 15) is 13.2 Å². The summed E-state index contributed by atoms with van der Waals surface area (Å²) >= 11 is 5.78. The minimum atomic E-state index is -3.97. The Morgan fingerprint density at radius 3 is 2.40 bits per heavy atom. The molecule has 0 aliphatic heterocycles. The number of amides is 2. The number of nitrogens with one attached hydrogen (secondary N) is 2. The van der Waals surface area contributed by atoms with E-state index in [-0.39, 0.29) is 11.4 Å². The second-order valence-corrected chi connectivity index (χ2v) is 9.83. The van der Waals surface area contributed by atoms with Crippen molar-refractivity contribution >= 4 is 27.7 Å². The Labute approximate surface area is 209 Å². The van der Waals surface area contributed by atoms with Crippen molar-refractivity contribution in [3.63, 3.8) is 0 Å². The molecular weight excluding hydrogens is 486 g/mol. The van der Waals surface area contributed by atoms with Crippen LogP contribution in [0, 0.1) is 0 Å². The molecule has 0 fully saturated rings. The zero-order chi connectivity index (χ0) is 24.8. The number of carbonyl (C=O) groups excluding carboxylic acids is 1. The first-order chi connectivity index (χ1) is 16.9. The van der Waals surface area contributed by atoms with Gasteiger partial charge in [0.1, 0.15) is 11.5 Å². The number of nitrogens with zero attached hydrogens (tertiary/aromatic N) is 3. The van der Waals surface area contributed by atoms with Gasteiger partial charge in [-0.25, -0.2) is 22.9 Å². The molecule has 0 atom stereocenters. The molecule has 0 aliphatic carbocycles. The minimum Gasteiger partial charge on any atom is -0.337 e. The summed E-state index contributed by atoms with van der Waals surface area (Å²) in [6, 6.07) is 18.4. The number of imidazole rings is 1. The number of aromatic nitrogens is 3. The summed E-state index contributed by atoms with van der Waals surface area (Å²) in [5.74, 6) is 0.929. The van der Waals surface area contributed by atoms with Crippen molar-refractivity contribution in [3.8, 4) is 17.1 Å². The highest BCUT2D eigenvalue weighted by atomic mass is 35.5. The van der Waals surface area contributed by atoms with Crippen molar-refractivity contribution in [1.29, 1.82) is 0 Å². The highest BCUT2D eigenvalue weighted by Gasteiger charge is 2.17. The number of aryl methyl sites for hydroxylation is 1. The van der Waals surface area contributed by atoms with Crippen molar-refractivity contribution in [2.45, 2.75) is 24.7 Å². The molecule has 2 aromatic carbocycles. The van der Waals surface area contributed by atoms with Gasteiger partial charge in [-0.2, -0.15) is 0 Å². The molecule has 0 aliphatic rings. The molecule has 0 unspecified atom stereocenters. The van der Waals surface area contributed by atoms with E-state index in [1.54, 1.807) is 6.20 Å². The van der Waals surface area contributed by atoms with E-state index in [2.05, 4.69) is 17.2 Å². The van der Waals surface area contributed by atoms with Crippen LogP contribution < -0.4 is 10.0 Å². The number of urea groups is 1. The molecular formula is C25H24ClN5O3S. The van der Waals surface area contributed by atoms with Crippen LogP contribution in [0.5, 0.6) is 0 Å². The van der Waals surface area contributed by atoms with Crippen LogP contribution in [-0.4, -0.2) is 35.5 Å². The summed E-state index contributed by atoms with van der Waals surface area (Å²) in [5.41, 5.74) is 3.60. The molecule has 180 valence electrons. The lowest BCUT2D eigenvalue weighted by Gasteiger charge is -2.10. The van der Waals surface area contributed by atoms with Crippen molar-refractivity contribution < 1.29 is 13.2 Å². The van der Waals surface area contributed by atoms with Gasteiger partial charge in [0.15, 0.2) is 0 Å². The van der Waals surface area contributed by atoms with Gasteiger partial charge in [0, 0.05) is 36.1 Å². The van der Waals surface area contributed by atoms with E-state index in [1.807, 2.05) is 58.0 Å². The normalized spacial score (nSPS) is 11.3. The van der Waals surface area contributed by atoms with Gasteiger partial charge in [-0.3, -0.25) is 4.98 Å². The van der Waals surface area contributed by atoms with Gasteiger partial charge in [-0.15, -0.1) is 0 Å². The van der Waals surface area contributed by atoms with Crippen LogP contribution in [0.1, 0.15) is 18.3 Å². The second-order valence-electron chi connectivity index (χ2n) is 7.71. The zero-order valence-corrected chi connectivity index (χ0v) is 20.6. The summed E-state index contributed by atoms with van der Waals surface area (Å²) in [6.45, 7) is 2.33. The summed E-state index contributed by atoms with van der Waals surface area (Å²) in [7, 11) is -3.97. The van der Waals surface area contributed by atoms with Crippen LogP contribution in [0.25, 0.3) is 17.1 Å². The quantitative estimate of drug-likeness (QED) is 0.366. The van der Waals surface area contributed by atoms with Gasteiger partial charge in [-0.05, 0) is 60.5 Å². The maximum atomic E-state index is 12.3. The molecule has 35 heavy (non-hydrogen) atoms. The number of halogens is 1. The lowest BCUT2D eigenvalue weighted by molar-refractivity contribution is 0.246. The monoisotopic (exact) mass is 509 g/mol. The van der Waals surface area contributed by atoms with Gasteiger partial charge < -0.3 is 9.88 Å². The maximum absolute atomic E-state index is 12.3. The molecule has 2 N–H and O–H groups in total. The van der Waals surface area contributed by atoms with Crippen molar-refractivity contribution in [1.82, 2.24) is 24.6 Å². The Kier molecular flexibility index (Phi) is 7.48. The Hall–Kier alpha value is -3.69. The van der Waals surface area contributed by atoms with Crippen molar-refractivity contribution in [2.75, 3.05) is 6.54 Å². The molecule has 10 heteroatoms. The molecule has 2 heterocycles. The number of rotatable bonds is 8. The SMILES string of the molecule is CCc1nc(-c2ccccn2)cn1-c1ccc(CCNC(=O)NS(=O)(=O)c2ccc(Cl)cc2)cc1. The molecule has 0 radical (unpaired) electrons. The molecule has 2 amide bonds. The molecule has 2 aromatic heterocycles. The summed E-state index contributed by atoms with van der Waals surface area (Å²) in [4.78, 5) is 21.1. The Bertz CT molecular complexity index is 1400. The van der Waals surface area contributed by atoms with E-state index in [0.29, 0.717) is 11.4 Å². The van der Waals surface area contributed by atoms with E-state index in [0.717, 1.165) is 34.9 Å². The van der Waals surface area contributed by atoms with Crippen molar-refractivity contribution in [2.24, 2.45) is 0 Å². The Balaban J connectivity index is 1.35. The Morgan fingerprint density at radius 1 is 1.00 bits per heavy atom. The first-order valence-corrected chi connectivity index (χ1v) is 12.9. The van der Waals surface area contributed by atoms with Crippen LogP contribution in [0.4, 0.5) is 4.79 Å². The average molecular weight is 510 g/mol. The average Bonchev–Trinajstić information content (AvgIpc) is 3.30. The summed E-state index contributed by atoms with van der Waals surface area (Å²) in [6.07, 6.45) is 5.03. The fourth-order valence-corrected chi connectivity index (χ4v) is 4.56. The van der Waals surface area contributed by atoms with Crippen LogP contribution >= 0.6 is 11.6 Å². The van der Waals surface area contributed by atoms with Crippen molar-refractivity contribution in [3.05, 3.63) is 95.5 Å². The molecule has 8 nitrogen and oxygen atoms in total. The number of hydrogen-bond acceptors (Lipinski definition) is 5. The molecule has 0 bridgehead atoms. The third kappa shape index (κ3) is 6.06. The third-order valence-electron chi connectivity index (χ3n) is 5.29. The molecule has 0 saturated carbocycles. The Morgan fingerprint density at radius 2 is 1.74 bits per heavy atom. The number of benzene rings is 2. The maximum Gasteiger partial charge on any atom is 0.328 e. The van der Waals surface area contributed by atoms with E-state index in [1.165, 1.54) is 24.3 Å². The van der Waals surface area contributed by atoms with Gasteiger partial charge >= 0.3 is 6.03 Å². The van der Waals surface area contributed by atoms with Gasteiger partial charge in [-0.1, -0.05) is 36.7 Å². The fraction of sp³-hybridized carbons (Fsp3) is 0.160. The van der Waals surface area contributed by atoms with Crippen LogP contribution in [0.3, 0.4) is 0 Å². The first kappa shape index (κ1) is 24.4. The molecule has 4 aromatic rings. The number of hydrogen-bond donors (Lipinski definition) is 2. The lowest BCUT2D eigenvalue weighted by Crippen LogP contribution is -2.40. The third-order valence-corrected chi connectivity index (χ3v) is 6.89. The lowest BCUT2D eigenvalue weighted by atomic mass is 10.1. The topological polar surface area (TPSA) is 106 Å². The van der Waals surface area contributed by atoms with Crippen LogP contribution in [0.2, 0.25) is 5.02 Å². The summed E-state index contributed by atoms with van der Waals surface area (Å²) < 4.78 is 28.6. The smallest absolute Gasteiger partial charge is 0.328 e. The highest BCUT2D eigenvalue weighted by molar-refractivity contribution is 7.90. The second kappa shape index (κ2) is 10.7. The minimum absolute atomic E-state index is 0.0372. The standard InChI is InChI=1S/C25H24ClN5O3S/c1-2-24-29-23(22-5-3-4-15-27-22)17-31(24)20-10-6-18(7-11-20)14-16-28-25(32)30-35(33,34)21-12-8-19(26)9-13-21/h3-13,15,17H,2,14,16H2,1H3,(H2,28,30,32). The van der Waals surface area contributed by atoms with Gasteiger partial charge in [0.05, 0.1) is 10.6 Å². The van der Waals surface area contributed by atoms with Gasteiger partial charge in [0.2, 0.25) is 0 Å². The van der Waals surface area contributed by atoms with E-state index >= 15 is 0 Å². The number of sulfonamides is 1. The molecule has 0 saturated heterocycles. The van der Waals surface area contributed by atoms with E-state index in [4.69, 9.17) is 16.6 Å². The van der Waals surface area contributed by atoms with E-state index < -0.39 is 16.1 Å². The van der Waals surface area contributed by atoms with Crippen LogP contribution in [-0.2, 0) is 22.9 Å². The fourth-order valence-electron chi connectivity index (χ4n) is 3.50. The highest BCUT2D eigenvalue weighted by Crippen LogP contribution is 2.21. The first-order valence-electron chi connectivity index (χ1n) is 11.0. The summed E-state index contributed by atoms with van der Waals surface area (Å²) in [5, 5.41) is 2.99. The molecule has 0 spiro atoms. The van der Waals surface area contributed by atoms with Crippen LogP contribution in [0.15, 0.2) is 84.0 Å².